The van der Waals surface area contributed by atoms with Gasteiger partial charge in [-0.1, -0.05) is 19.8 Å². The number of ether oxygens (including phenoxy) is 2. The lowest BCUT2D eigenvalue weighted by Gasteiger charge is -2.34. The Labute approximate surface area is 161 Å². The van der Waals surface area contributed by atoms with Crippen molar-refractivity contribution in [3.05, 3.63) is 18.2 Å². The van der Waals surface area contributed by atoms with Crippen molar-refractivity contribution in [1.82, 2.24) is 9.80 Å². The Bertz CT molecular complexity index is 854. The Hall–Kier alpha value is -3.10. The van der Waals surface area contributed by atoms with E-state index in [1.165, 1.54) is 0 Å². The van der Waals surface area contributed by atoms with Crippen LogP contribution in [0.1, 0.15) is 32.6 Å². The number of carbonyl (C=O) groups excluding carboxylic acids is 4. The molecule has 1 aliphatic carbocycles. The third-order valence-electron chi connectivity index (χ3n) is 5.44. The molecule has 148 valence electrons. The zero-order chi connectivity index (χ0) is 19.8. The second kappa shape index (κ2) is 7.14. The number of nitrogens with zero attached hydrogens (tertiary/aromatic N) is 2. The summed E-state index contributed by atoms with van der Waals surface area (Å²) in [7, 11) is 0. The van der Waals surface area contributed by atoms with E-state index in [-0.39, 0.29) is 18.8 Å². The van der Waals surface area contributed by atoms with Gasteiger partial charge in [-0.3, -0.25) is 19.3 Å². The van der Waals surface area contributed by atoms with Crippen LogP contribution in [0.3, 0.4) is 0 Å². The van der Waals surface area contributed by atoms with E-state index in [1.807, 2.05) is 6.92 Å². The van der Waals surface area contributed by atoms with Crippen molar-refractivity contribution < 1.29 is 28.7 Å². The fourth-order valence-electron chi connectivity index (χ4n) is 3.95. The van der Waals surface area contributed by atoms with Gasteiger partial charge in [-0.15, -0.1) is 0 Å². The summed E-state index contributed by atoms with van der Waals surface area (Å²) in [4.78, 5) is 51.5. The molecule has 1 saturated heterocycles. The first-order valence-electron chi connectivity index (χ1n) is 9.34. The number of anilines is 1. The lowest BCUT2D eigenvalue weighted by molar-refractivity contribution is -0.145. The van der Waals surface area contributed by atoms with Crippen molar-refractivity contribution in [3.8, 4) is 11.5 Å². The zero-order valence-electron chi connectivity index (χ0n) is 15.5. The second-order valence-electron chi connectivity index (χ2n) is 7.29. The molecule has 0 unspecified atom stereocenters. The number of hydrogen-bond donors (Lipinski definition) is 1. The van der Waals surface area contributed by atoms with Crippen LogP contribution in [-0.2, 0) is 14.4 Å². The summed E-state index contributed by atoms with van der Waals surface area (Å²) < 4.78 is 10.5. The van der Waals surface area contributed by atoms with Crippen molar-refractivity contribution in [2.75, 3.05) is 18.7 Å². The van der Waals surface area contributed by atoms with Gasteiger partial charge in [0.05, 0.1) is 0 Å². The predicted molar refractivity (Wildman–Crippen MR) is 96.6 cm³/mol. The minimum absolute atomic E-state index is 0.112. The number of rotatable bonds is 4. The summed E-state index contributed by atoms with van der Waals surface area (Å²) in [6.45, 7) is 1.57. The van der Waals surface area contributed by atoms with Gasteiger partial charge in [-0.05, 0) is 30.9 Å². The number of hydrogen-bond acceptors (Lipinski definition) is 6. The highest BCUT2D eigenvalue weighted by atomic mass is 16.7. The van der Waals surface area contributed by atoms with E-state index < -0.39 is 30.3 Å². The van der Waals surface area contributed by atoms with Gasteiger partial charge in [0.2, 0.25) is 12.7 Å². The average molecular weight is 387 g/mol. The molecule has 2 aliphatic heterocycles. The molecule has 1 saturated carbocycles. The van der Waals surface area contributed by atoms with E-state index in [1.54, 1.807) is 18.2 Å². The Balaban J connectivity index is 1.44. The van der Waals surface area contributed by atoms with E-state index in [0.29, 0.717) is 28.5 Å². The topological polar surface area (TPSA) is 105 Å². The highest BCUT2D eigenvalue weighted by molar-refractivity contribution is 6.45. The van der Waals surface area contributed by atoms with Crippen LogP contribution in [0.4, 0.5) is 10.5 Å². The number of amides is 5. The van der Waals surface area contributed by atoms with Crippen molar-refractivity contribution in [1.29, 1.82) is 0 Å². The zero-order valence-corrected chi connectivity index (χ0v) is 15.5. The third-order valence-corrected chi connectivity index (χ3v) is 5.44. The van der Waals surface area contributed by atoms with Gasteiger partial charge in [0.1, 0.15) is 6.54 Å². The number of urea groups is 1. The normalized spacial score (nSPS) is 24.1. The molecule has 0 spiro atoms. The van der Waals surface area contributed by atoms with E-state index in [2.05, 4.69) is 5.32 Å². The minimum Gasteiger partial charge on any atom is -0.454 e. The number of nitrogens with one attached hydrogen (secondary N) is 1. The van der Waals surface area contributed by atoms with Crippen LogP contribution in [0.2, 0.25) is 0 Å². The molecule has 4 rings (SSSR count). The van der Waals surface area contributed by atoms with Gasteiger partial charge in [0.25, 0.3) is 0 Å². The van der Waals surface area contributed by atoms with E-state index in [0.717, 1.165) is 24.2 Å². The maximum absolute atomic E-state index is 12.7. The summed E-state index contributed by atoms with van der Waals surface area (Å²) in [5.41, 5.74) is 0.442. The molecule has 1 N–H and O–H groups in total. The smallest absolute Gasteiger partial charge is 0.334 e. The number of imide groups is 2. The number of benzene rings is 1. The van der Waals surface area contributed by atoms with Gasteiger partial charge < -0.3 is 14.8 Å². The second-order valence-corrected chi connectivity index (χ2v) is 7.29. The Morgan fingerprint density at radius 2 is 1.86 bits per heavy atom. The summed E-state index contributed by atoms with van der Waals surface area (Å²) >= 11 is 0. The number of fused-ring (bicyclic) bond motifs is 1. The van der Waals surface area contributed by atoms with E-state index >= 15 is 0 Å². The van der Waals surface area contributed by atoms with Gasteiger partial charge in [0.15, 0.2) is 11.5 Å². The quantitative estimate of drug-likeness (QED) is 0.623. The van der Waals surface area contributed by atoms with E-state index in [4.69, 9.17) is 9.47 Å². The molecule has 2 fully saturated rings. The standard InChI is InChI=1S/C19H21N3O6/c1-11-4-2-3-5-13(11)22-18(25)17(24)21(19(22)26)9-16(23)20-12-6-7-14-15(8-12)28-10-27-14/h6-8,11,13H,2-5,9-10H2,1H3,(H,20,23)/t11-,13-/m1/s1. The minimum atomic E-state index is -0.955. The molecular formula is C19H21N3O6. The Kier molecular flexibility index (Phi) is 4.66. The highest BCUT2D eigenvalue weighted by Gasteiger charge is 2.49. The molecule has 28 heavy (non-hydrogen) atoms. The maximum atomic E-state index is 12.7. The van der Waals surface area contributed by atoms with Gasteiger partial charge in [-0.2, -0.15) is 0 Å². The Morgan fingerprint density at radius 3 is 2.64 bits per heavy atom. The van der Waals surface area contributed by atoms with Gasteiger partial charge in [-0.25, -0.2) is 9.69 Å². The first-order valence-corrected chi connectivity index (χ1v) is 9.34. The fourth-order valence-corrected chi connectivity index (χ4v) is 3.95. The molecule has 5 amide bonds. The third kappa shape index (κ3) is 3.17. The SMILES string of the molecule is C[C@@H]1CCCC[C@H]1N1C(=O)C(=O)N(CC(=O)Nc2ccc3c(c2)OCO3)C1=O. The summed E-state index contributed by atoms with van der Waals surface area (Å²) in [6.07, 6.45) is 3.54. The Morgan fingerprint density at radius 1 is 1.11 bits per heavy atom. The van der Waals surface area contributed by atoms with Crippen LogP contribution in [0.25, 0.3) is 0 Å². The van der Waals surface area contributed by atoms with Crippen molar-refractivity contribution in [3.63, 3.8) is 0 Å². The molecular weight excluding hydrogens is 366 g/mol. The van der Waals surface area contributed by atoms with Gasteiger partial charge in [0, 0.05) is 17.8 Å². The van der Waals surface area contributed by atoms with Crippen LogP contribution in [0.15, 0.2) is 18.2 Å². The van der Waals surface area contributed by atoms with Crippen LogP contribution in [0, 0.1) is 5.92 Å². The average Bonchev–Trinajstić information content (AvgIpc) is 3.21. The monoisotopic (exact) mass is 387 g/mol. The van der Waals surface area contributed by atoms with Crippen LogP contribution >= 0.6 is 0 Å². The molecule has 3 aliphatic rings. The molecule has 1 aromatic rings. The molecule has 9 heteroatoms. The lowest BCUT2D eigenvalue weighted by Crippen LogP contribution is -2.46. The molecule has 2 atom stereocenters. The summed E-state index contributed by atoms with van der Waals surface area (Å²) in [5, 5.41) is 2.61. The first kappa shape index (κ1) is 18.3. The molecule has 0 bridgehead atoms. The summed E-state index contributed by atoms with van der Waals surface area (Å²) in [5.74, 6) is -1.17. The van der Waals surface area contributed by atoms with Crippen molar-refractivity contribution >= 4 is 29.4 Å². The lowest BCUT2D eigenvalue weighted by atomic mass is 9.85. The molecule has 0 aromatic heterocycles. The molecule has 2 heterocycles. The number of carbonyl (C=O) groups is 4. The fraction of sp³-hybridized carbons (Fsp3) is 0.474. The summed E-state index contributed by atoms with van der Waals surface area (Å²) in [6, 6.07) is 3.86. The van der Waals surface area contributed by atoms with Crippen LogP contribution in [-0.4, -0.2) is 52.9 Å². The van der Waals surface area contributed by atoms with Crippen LogP contribution < -0.4 is 14.8 Å². The largest absolute Gasteiger partial charge is 0.454 e. The van der Waals surface area contributed by atoms with Crippen molar-refractivity contribution in [2.45, 2.75) is 38.6 Å². The maximum Gasteiger partial charge on any atom is 0.334 e. The first-order chi connectivity index (χ1) is 13.5. The molecule has 0 radical (unpaired) electrons. The predicted octanol–water partition coefficient (Wildman–Crippen LogP) is 1.72. The highest BCUT2D eigenvalue weighted by Crippen LogP contribution is 2.34. The molecule has 9 nitrogen and oxygen atoms in total. The molecule has 1 aromatic carbocycles. The van der Waals surface area contributed by atoms with Gasteiger partial charge >= 0.3 is 17.8 Å². The van der Waals surface area contributed by atoms with E-state index in [9.17, 15) is 19.2 Å². The van der Waals surface area contributed by atoms with Crippen molar-refractivity contribution in [2.24, 2.45) is 5.92 Å². The van der Waals surface area contributed by atoms with Crippen LogP contribution in [0.5, 0.6) is 11.5 Å².